The van der Waals surface area contributed by atoms with Crippen molar-refractivity contribution in [3.63, 3.8) is 0 Å². The van der Waals surface area contributed by atoms with Crippen LogP contribution in [0.2, 0.25) is 0 Å². The molecule has 3 heteroatoms. The van der Waals surface area contributed by atoms with Crippen molar-refractivity contribution in [3.8, 4) is 0 Å². The molecule has 0 aliphatic carbocycles. The summed E-state index contributed by atoms with van der Waals surface area (Å²) in [6.45, 7) is 9.44. The molecule has 102 valence electrons. The molecule has 0 spiro atoms. The molecule has 1 unspecified atom stereocenters. The summed E-state index contributed by atoms with van der Waals surface area (Å²) in [4.78, 5) is 12.4. The van der Waals surface area contributed by atoms with Gasteiger partial charge in [0.25, 0.3) is 0 Å². The minimum Gasteiger partial charge on any atom is -0.355 e. The fraction of sp³-hybridized carbons (Fsp3) is 0.929. The summed E-state index contributed by atoms with van der Waals surface area (Å²) >= 11 is 3.62. The van der Waals surface area contributed by atoms with E-state index in [4.69, 9.17) is 0 Å². The van der Waals surface area contributed by atoms with E-state index in [-0.39, 0.29) is 11.8 Å². The van der Waals surface area contributed by atoms with Crippen LogP contribution in [0, 0.1) is 11.8 Å². The van der Waals surface area contributed by atoms with Crippen LogP contribution < -0.4 is 5.32 Å². The number of nitrogens with one attached hydrogen (secondary N) is 1. The van der Waals surface area contributed by atoms with Gasteiger partial charge in [0, 0.05) is 17.3 Å². The highest BCUT2D eigenvalue weighted by Gasteiger charge is 2.17. The molecule has 1 amide bonds. The van der Waals surface area contributed by atoms with E-state index < -0.39 is 0 Å². The predicted octanol–water partition coefficient (Wildman–Crippen LogP) is 4.13. The number of amides is 1. The van der Waals surface area contributed by atoms with Gasteiger partial charge in [-0.1, -0.05) is 56.5 Å². The summed E-state index contributed by atoms with van der Waals surface area (Å²) in [7, 11) is 0. The second-order valence-corrected chi connectivity index (χ2v) is 6.54. The molecule has 0 aromatic carbocycles. The van der Waals surface area contributed by atoms with Crippen molar-refractivity contribution in [1.29, 1.82) is 0 Å². The quantitative estimate of drug-likeness (QED) is 0.638. The number of rotatable bonds is 9. The Hall–Kier alpha value is -0.0500. The number of halogens is 1. The smallest absolute Gasteiger partial charge is 0.223 e. The average molecular weight is 306 g/mol. The zero-order chi connectivity index (χ0) is 13.3. The van der Waals surface area contributed by atoms with E-state index >= 15 is 0 Å². The molecule has 0 aromatic heterocycles. The maximum absolute atomic E-state index is 12.0. The molecule has 0 aromatic rings. The van der Waals surface area contributed by atoms with Gasteiger partial charge in [-0.05, 0) is 25.2 Å². The van der Waals surface area contributed by atoms with E-state index in [2.05, 4.69) is 48.9 Å². The second kappa shape index (κ2) is 9.93. The van der Waals surface area contributed by atoms with E-state index in [0.29, 0.717) is 10.7 Å². The Kier molecular flexibility index (Phi) is 9.90. The van der Waals surface area contributed by atoms with E-state index in [1.165, 1.54) is 0 Å². The highest BCUT2D eigenvalue weighted by Crippen LogP contribution is 2.15. The Balaban J connectivity index is 3.95. The van der Waals surface area contributed by atoms with Crippen molar-refractivity contribution in [1.82, 2.24) is 5.32 Å². The molecule has 0 saturated heterocycles. The summed E-state index contributed by atoms with van der Waals surface area (Å²) in [6.07, 6.45) is 5.30. The van der Waals surface area contributed by atoms with E-state index in [9.17, 15) is 4.79 Å². The topological polar surface area (TPSA) is 29.1 Å². The van der Waals surface area contributed by atoms with Gasteiger partial charge < -0.3 is 5.32 Å². The molecule has 0 bridgehead atoms. The third-order valence-electron chi connectivity index (χ3n) is 2.87. The highest BCUT2D eigenvalue weighted by atomic mass is 79.9. The molecule has 2 nitrogen and oxygen atoms in total. The van der Waals surface area contributed by atoms with Gasteiger partial charge in [-0.25, -0.2) is 0 Å². The molecule has 0 saturated carbocycles. The summed E-state index contributed by atoms with van der Waals surface area (Å²) in [5.74, 6) is 1.11. The third-order valence-corrected chi connectivity index (χ3v) is 3.57. The van der Waals surface area contributed by atoms with Crippen LogP contribution in [0.15, 0.2) is 0 Å². The SMILES string of the molecule is CCCC(CCC)C(=O)NCC(Br)CC(C)C. The average Bonchev–Trinajstić information content (AvgIpc) is 2.24. The molecule has 0 heterocycles. The lowest BCUT2D eigenvalue weighted by Crippen LogP contribution is -2.35. The normalized spacial score (nSPS) is 13.1. The molecular weight excluding hydrogens is 278 g/mol. The summed E-state index contributed by atoms with van der Waals surface area (Å²) in [5.41, 5.74) is 0. The molecule has 0 rings (SSSR count). The van der Waals surface area contributed by atoms with Crippen LogP contribution in [0.5, 0.6) is 0 Å². The van der Waals surface area contributed by atoms with Crippen LogP contribution in [-0.2, 0) is 4.79 Å². The number of hydrogen-bond donors (Lipinski definition) is 1. The first-order valence-corrected chi connectivity index (χ1v) is 7.84. The summed E-state index contributed by atoms with van der Waals surface area (Å²) in [6, 6.07) is 0. The Bertz CT molecular complexity index is 200. The van der Waals surface area contributed by atoms with E-state index in [1.54, 1.807) is 0 Å². The van der Waals surface area contributed by atoms with Gasteiger partial charge in [0.1, 0.15) is 0 Å². The van der Waals surface area contributed by atoms with Crippen LogP contribution in [0.1, 0.15) is 59.8 Å². The Morgan fingerprint density at radius 2 is 1.71 bits per heavy atom. The largest absolute Gasteiger partial charge is 0.355 e. The molecule has 0 aliphatic rings. The number of hydrogen-bond acceptors (Lipinski definition) is 1. The van der Waals surface area contributed by atoms with Crippen molar-refractivity contribution in [3.05, 3.63) is 0 Å². The lowest BCUT2D eigenvalue weighted by atomic mass is 9.97. The molecule has 0 aliphatic heterocycles. The predicted molar refractivity (Wildman–Crippen MR) is 78.5 cm³/mol. The Labute approximate surface area is 115 Å². The monoisotopic (exact) mass is 305 g/mol. The summed E-state index contributed by atoms with van der Waals surface area (Å²) in [5, 5.41) is 3.07. The lowest BCUT2D eigenvalue weighted by molar-refractivity contribution is -0.125. The minimum absolute atomic E-state index is 0.212. The van der Waals surface area contributed by atoms with Gasteiger partial charge in [0.05, 0.1) is 0 Å². The molecular formula is C14H28BrNO. The van der Waals surface area contributed by atoms with Gasteiger partial charge in [-0.2, -0.15) is 0 Å². The van der Waals surface area contributed by atoms with Gasteiger partial charge in [0.15, 0.2) is 0 Å². The Morgan fingerprint density at radius 1 is 1.18 bits per heavy atom. The minimum atomic E-state index is 0.212. The summed E-state index contributed by atoms with van der Waals surface area (Å²) < 4.78 is 0. The van der Waals surface area contributed by atoms with Crippen LogP contribution in [0.4, 0.5) is 0 Å². The van der Waals surface area contributed by atoms with Gasteiger partial charge >= 0.3 is 0 Å². The van der Waals surface area contributed by atoms with Crippen LogP contribution >= 0.6 is 15.9 Å². The lowest BCUT2D eigenvalue weighted by Gasteiger charge is -2.18. The van der Waals surface area contributed by atoms with Crippen LogP contribution in [0.25, 0.3) is 0 Å². The van der Waals surface area contributed by atoms with Crippen molar-refractivity contribution < 1.29 is 4.79 Å². The van der Waals surface area contributed by atoms with Gasteiger partial charge in [-0.3, -0.25) is 4.79 Å². The van der Waals surface area contributed by atoms with Crippen molar-refractivity contribution in [2.45, 2.75) is 64.6 Å². The first-order chi connectivity index (χ1) is 8.01. The molecule has 0 radical (unpaired) electrons. The maximum Gasteiger partial charge on any atom is 0.223 e. The first kappa shape index (κ1) is 16.9. The highest BCUT2D eigenvalue weighted by molar-refractivity contribution is 9.09. The Morgan fingerprint density at radius 3 is 2.12 bits per heavy atom. The van der Waals surface area contributed by atoms with Crippen molar-refractivity contribution in [2.75, 3.05) is 6.54 Å². The zero-order valence-corrected chi connectivity index (χ0v) is 13.3. The molecule has 17 heavy (non-hydrogen) atoms. The van der Waals surface area contributed by atoms with Crippen molar-refractivity contribution in [2.24, 2.45) is 11.8 Å². The fourth-order valence-electron chi connectivity index (χ4n) is 2.05. The first-order valence-electron chi connectivity index (χ1n) is 6.92. The van der Waals surface area contributed by atoms with E-state index in [0.717, 1.165) is 38.6 Å². The maximum atomic E-state index is 12.0. The van der Waals surface area contributed by atoms with Gasteiger partial charge in [-0.15, -0.1) is 0 Å². The van der Waals surface area contributed by atoms with Crippen molar-refractivity contribution >= 4 is 21.8 Å². The number of carbonyl (C=O) groups excluding carboxylic acids is 1. The zero-order valence-electron chi connectivity index (χ0n) is 11.8. The van der Waals surface area contributed by atoms with Crippen LogP contribution in [0.3, 0.4) is 0 Å². The molecule has 1 N–H and O–H groups in total. The third kappa shape index (κ3) is 8.64. The number of carbonyl (C=O) groups is 1. The second-order valence-electron chi connectivity index (χ2n) is 5.25. The standard InChI is InChI=1S/C14H28BrNO/c1-5-7-12(8-6-2)14(17)16-10-13(15)9-11(3)4/h11-13H,5-10H2,1-4H3,(H,16,17). The van der Waals surface area contributed by atoms with Crippen LogP contribution in [-0.4, -0.2) is 17.3 Å². The fourth-order valence-corrected chi connectivity index (χ4v) is 2.96. The van der Waals surface area contributed by atoms with Gasteiger partial charge in [0.2, 0.25) is 5.91 Å². The molecule has 1 atom stereocenters. The number of alkyl halides is 1. The van der Waals surface area contributed by atoms with E-state index in [1.807, 2.05) is 0 Å². The molecule has 0 fully saturated rings.